The van der Waals surface area contributed by atoms with E-state index in [1.807, 2.05) is 6.08 Å². The molecule has 0 saturated heterocycles. The third-order valence-electron chi connectivity index (χ3n) is 2.53. The van der Waals surface area contributed by atoms with Gasteiger partial charge in [-0.15, -0.1) is 0 Å². The van der Waals surface area contributed by atoms with E-state index < -0.39 is 0 Å². The second kappa shape index (κ2) is 5.50. The minimum absolute atomic E-state index is 0.104. The van der Waals surface area contributed by atoms with Gasteiger partial charge in [0.25, 0.3) is 0 Å². The van der Waals surface area contributed by atoms with Gasteiger partial charge < -0.3 is 0 Å². The molecular formula is C14H18O. The maximum Gasteiger partial charge on any atom is 0.152 e. The van der Waals surface area contributed by atoms with Crippen LogP contribution < -0.4 is 0 Å². The first-order valence-corrected chi connectivity index (χ1v) is 5.41. The topological polar surface area (TPSA) is 17.1 Å². The van der Waals surface area contributed by atoms with Gasteiger partial charge in [0.15, 0.2) is 5.78 Å². The van der Waals surface area contributed by atoms with Crippen molar-refractivity contribution < 1.29 is 4.79 Å². The van der Waals surface area contributed by atoms with Crippen molar-refractivity contribution in [1.29, 1.82) is 0 Å². The molecule has 0 aromatic heterocycles. The van der Waals surface area contributed by atoms with Crippen LogP contribution in [0, 0.1) is 0 Å². The van der Waals surface area contributed by atoms with Gasteiger partial charge in [-0.05, 0) is 36.5 Å². The summed E-state index contributed by atoms with van der Waals surface area (Å²) in [5, 5.41) is 0. The summed E-state index contributed by atoms with van der Waals surface area (Å²) in [6.45, 7) is 5.82. The predicted octanol–water partition coefficient (Wildman–Crippen LogP) is 3.50. The molecule has 1 rings (SSSR count). The Morgan fingerprint density at radius 3 is 2.40 bits per heavy atom. The number of allylic oxidation sites excluding steroid dienone is 2. The molecule has 0 N–H and O–H groups in total. The van der Waals surface area contributed by atoms with Crippen molar-refractivity contribution in [2.24, 2.45) is 0 Å². The van der Waals surface area contributed by atoms with E-state index in [2.05, 4.69) is 38.1 Å². The molecule has 1 unspecified atom stereocenters. The molecule has 0 spiro atoms. The van der Waals surface area contributed by atoms with Crippen LogP contribution in [0.15, 0.2) is 36.4 Å². The number of carbonyl (C=O) groups excluding carboxylic acids is 1. The SMILES string of the molecule is CCc1ccc(C(C)C=CC(C)=O)cc1. The molecule has 1 atom stereocenters. The molecule has 1 heteroatoms. The third kappa shape index (κ3) is 3.70. The maximum atomic E-state index is 10.8. The average Bonchev–Trinajstić information content (AvgIpc) is 2.26. The van der Waals surface area contributed by atoms with Crippen LogP contribution in [-0.2, 0) is 11.2 Å². The Kier molecular flexibility index (Phi) is 4.29. The summed E-state index contributed by atoms with van der Waals surface area (Å²) in [4.78, 5) is 10.8. The average molecular weight is 202 g/mol. The van der Waals surface area contributed by atoms with Crippen LogP contribution in [0.5, 0.6) is 0 Å². The highest BCUT2D eigenvalue weighted by atomic mass is 16.1. The summed E-state index contributed by atoms with van der Waals surface area (Å²) in [6.07, 6.45) is 4.65. The fourth-order valence-corrected chi connectivity index (χ4v) is 1.45. The van der Waals surface area contributed by atoms with Crippen LogP contribution in [0.2, 0.25) is 0 Å². The van der Waals surface area contributed by atoms with E-state index in [9.17, 15) is 4.79 Å². The monoisotopic (exact) mass is 202 g/mol. The van der Waals surface area contributed by atoms with Crippen LogP contribution in [0.4, 0.5) is 0 Å². The molecule has 0 aliphatic carbocycles. The summed E-state index contributed by atoms with van der Waals surface area (Å²) in [5.41, 5.74) is 2.60. The van der Waals surface area contributed by atoms with E-state index in [4.69, 9.17) is 0 Å². The first-order valence-electron chi connectivity index (χ1n) is 5.41. The van der Waals surface area contributed by atoms with Gasteiger partial charge >= 0.3 is 0 Å². The zero-order chi connectivity index (χ0) is 11.3. The van der Waals surface area contributed by atoms with Gasteiger partial charge in [0.05, 0.1) is 0 Å². The van der Waals surface area contributed by atoms with Crippen LogP contribution in [0.3, 0.4) is 0 Å². The molecule has 0 heterocycles. The second-order valence-corrected chi connectivity index (χ2v) is 3.85. The van der Waals surface area contributed by atoms with Crippen molar-refractivity contribution in [1.82, 2.24) is 0 Å². The Labute approximate surface area is 91.8 Å². The van der Waals surface area contributed by atoms with E-state index in [0.29, 0.717) is 5.92 Å². The van der Waals surface area contributed by atoms with Crippen molar-refractivity contribution in [2.45, 2.75) is 33.1 Å². The number of hydrogen-bond donors (Lipinski definition) is 0. The van der Waals surface area contributed by atoms with Crippen LogP contribution in [0.25, 0.3) is 0 Å². The van der Waals surface area contributed by atoms with Gasteiger partial charge in [0.1, 0.15) is 0 Å². The zero-order valence-corrected chi connectivity index (χ0v) is 9.66. The predicted molar refractivity (Wildman–Crippen MR) is 64.1 cm³/mol. The summed E-state index contributed by atoms with van der Waals surface area (Å²) >= 11 is 0. The van der Waals surface area contributed by atoms with Gasteiger partial charge in [0, 0.05) is 0 Å². The number of rotatable bonds is 4. The van der Waals surface area contributed by atoms with Crippen LogP contribution in [0.1, 0.15) is 37.8 Å². The highest BCUT2D eigenvalue weighted by molar-refractivity contribution is 5.87. The molecule has 0 bridgehead atoms. The van der Waals surface area contributed by atoms with Crippen molar-refractivity contribution >= 4 is 5.78 Å². The molecule has 0 amide bonds. The normalized spacial score (nSPS) is 13.0. The van der Waals surface area contributed by atoms with Crippen molar-refractivity contribution in [3.63, 3.8) is 0 Å². The number of aryl methyl sites for hydroxylation is 1. The molecule has 1 aromatic carbocycles. The smallest absolute Gasteiger partial charge is 0.152 e. The standard InChI is InChI=1S/C14H18O/c1-4-13-7-9-14(10-8-13)11(2)5-6-12(3)15/h5-11H,4H2,1-3H3. The van der Waals surface area contributed by atoms with Crippen molar-refractivity contribution in [3.05, 3.63) is 47.5 Å². The molecule has 0 saturated carbocycles. The Hall–Kier alpha value is -1.37. The number of hydrogen-bond acceptors (Lipinski definition) is 1. The van der Waals surface area contributed by atoms with Gasteiger partial charge in [-0.25, -0.2) is 0 Å². The molecule has 0 aliphatic heterocycles. The molecule has 80 valence electrons. The van der Waals surface area contributed by atoms with E-state index in [1.165, 1.54) is 11.1 Å². The summed E-state index contributed by atoms with van der Waals surface area (Å²) in [5.74, 6) is 0.409. The third-order valence-corrected chi connectivity index (χ3v) is 2.53. The molecular weight excluding hydrogens is 184 g/mol. The minimum Gasteiger partial charge on any atom is -0.295 e. The first-order chi connectivity index (χ1) is 7.13. The first kappa shape index (κ1) is 11.7. The number of carbonyl (C=O) groups is 1. The summed E-state index contributed by atoms with van der Waals surface area (Å²) in [7, 11) is 0. The quantitative estimate of drug-likeness (QED) is 0.683. The summed E-state index contributed by atoms with van der Waals surface area (Å²) in [6, 6.07) is 8.56. The van der Waals surface area contributed by atoms with Gasteiger partial charge in [-0.3, -0.25) is 4.79 Å². The molecule has 0 aliphatic rings. The lowest BCUT2D eigenvalue weighted by atomic mass is 9.98. The van der Waals surface area contributed by atoms with Gasteiger partial charge in [-0.2, -0.15) is 0 Å². The Bertz CT molecular complexity index is 346. The number of benzene rings is 1. The molecule has 0 radical (unpaired) electrons. The van der Waals surface area contributed by atoms with E-state index in [0.717, 1.165) is 6.42 Å². The fourth-order valence-electron chi connectivity index (χ4n) is 1.45. The van der Waals surface area contributed by atoms with Crippen LogP contribution >= 0.6 is 0 Å². The Balaban J connectivity index is 2.74. The zero-order valence-electron chi connectivity index (χ0n) is 9.66. The van der Waals surface area contributed by atoms with E-state index in [1.54, 1.807) is 13.0 Å². The van der Waals surface area contributed by atoms with Crippen LogP contribution in [-0.4, -0.2) is 5.78 Å². The highest BCUT2D eigenvalue weighted by Gasteiger charge is 2.00. The molecule has 1 nitrogen and oxygen atoms in total. The Morgan fingerprint density at radius 2 is 1.93 bits per heavy atom. The second-order valence-electron chi connectivity index (χ2n) is 3.85. The lowest BCUT2D eigenvalue weighted by molar-refractivity contribution is -0.112. The highest BCUT2D eigenvalue weighted by Crippen LogP contribution is 2.17. The summed E-state index contributed by atoms with van der Waals surface area (Å²) < 4.78 is 0. The van der Waals surface area contributed by atoms with E-state index >= 15 is 0 Å². The minimum atomic E-state index is 0.104. The van der Waals surface area contributed by atoms with Gasteiger partial charge in [0.2, 0.25) is 0 Å². The van der Waals surface area contributed by atoms with E-state index in [-0.39, 0.29) is 5.78 Å². The lowest BCUT2D eigenvalue weighted by Crippen LogP contribution is -1.91. The Morgan fingerprint density at radius 1 is 1.33 bits per heavy atom. The molecule has 15 heavy (non-hydrogen) atoms. The number of ketones is 1. The molecule has 1 aromatic rings. The van der Waals surface area contributed by atoms with Crippen molar-refractivity contribution in [3.8, 4) is 0 Å². The molecule has 0 fully saturated rings. The lowest BCUT2D eigenvalue weighted by Gasteiger charge is -2.07. The largest absolute Gasteiger partial charge is 0.295 e. The fraction of sp³-hybridized carbons (Fsp3) is 0.357. The maximum absolute atomic E-state index is 10.8. The van der Waals surface area contributed by atoms with Gasteiger partial charge in [-0.1, -0.05) is 44.2 Å². The van der Waals surface area contributed by atoms with Crippen molar-refractivity contribution in [2.75, 3.05) is 0 Å².